The monoisotopic (exact) mass is 650 g/mol. The maximum atomic E-state index is 6.65. The van der Waals surface area contributed by atoms with Gasteiger partial charge >= 0.3 is 0 Å². The van der Waals surface area contributed by atoms with E-state index in [1.165, 1.54) is 0 Å². The molecule has 0 aromatic heterocycles. The quantitative estimate of drug-likeness (QED) is 0.165. The minimum absolute atomic E-state index is 0.0173. The standard InChI is InChI=1S/C25H19Cl9O/c26-21(27,23(28,29)24(30,31)25(32,33)34)16-17-35-22(18-10-4-1-5-11-18,19-12-6-2-7-13-19)20-14-8-3-9-15-20/h1-15H,16-17H2. The van der Waals surface area contributed by atoms with Crippen LogP contribution >= 0.6 is 104 Å². The van der Waals surface area contributed by atoms with E-state index >= 15 is 0 Å². The van der Waals surface area contributed by atoms with Crippen molar-refractivity contribution in [2.75, 3.05) is 6.61 Å². The van der Waals surface area contributed by atoms with Gasteiger partial charge in [0.2, 0.25) is 3.79 Å². The molecule has 0 saturated heterocycles. The Morgan fingerprint density at radius 1 is 0.486 bits per heavy atom. The van der Waals surface area contributed by atoms with E-state index in [1.807, 2.05) is 91.0 Å². The Kier molecular flexibility index (Phi) is 9.82. The van der Waals surface area contributed by atoms with Crippen molar-refractivity contribution in [3.8, 4) is 0 Å². The average molecular weight is 655 g/mol. The number of benzene rings is 3. The second-order valence-electron chi connectivity index (χ2n) is 7.73. The SMILES string of the molecule is ClC(Cl)(Cl)C(Cl)(Cl)C(Cl)(Cl)C(Cl)(Cl)CCOC(c1ccccc1)(c1ccccc1)c1ccccc1. The largest absolute Gasteiger partial charge is 0.361 e. The molecule has 1 nitrogen and oxygen atoms in total. The molecule has 0 aliphatic rings. The molecular weight excluding hydrogens is 635 g/mol. The number of halogens is 9. The summed E-state index contributed by atoms with van der Waals surface area (Å²) >= 11 is 56.2. The molecule has 0 aliphatic carbocycles. The van der Waals surface area contributed by atoms with Gasteiger partial charge in [-0.2, -0.15) is 0 Å². The molecule has 0 radical (unpaired) electrons. The number of hydrogen-bond acceptors (Lipinski definition) is 1. The van der Waals surface area contributed by atoms with E-state index in [0.717, 1.165) is 16.7 Å². The van der Waals surface area contributed by atoms with Gasteiger partial charge in [-0.15, -0.1) is 0 Å². The van der Waals surface area contributed by atoms with Gasteiger partial charge in [0.05, 0.1) is 6.61 Å². The van der Waals surface area contributed by atoms with Crippen molar-refractivity contribution in [2.45, 2.75) is 28.8 Å². The van der Waals surface area contributed by atoms with Gasteiger partial charge in [-0.1, -0.05) is 195 Å². The minimum Gasteiger partial charge on any atom is -0.361 e. The highest BCUT2D eigenvalue weighted by Crippen LogP contribution is 2.63. The highest BCUT2D eigenvalue weighted by atomic mass is 35.6. The van der Waals surface area contributed by atoms with E-state index in [0.29, 0.717) is 0 Å². The molecule has 0 aliphatic heterocycles. The van der Waals surface area contributed by atoms with Crippen LogP contribution in [-0.2, 0) is 10.3 Å². The van der Waals surface area contributed by atoms with Crippen LogP contribution in [0.15, 0.2) is 91.0 Å². The third-order valence-electron chi connectivity index (χ3n) is 5.49. The lowest BCUT2D eigenvalue weighted by atomic mass is 9.80. The zero-order chi connectivity index (χ0) is 26.0. The van der Waals surface area contributed by atoms with Crippen molar-refractivity contribution in [3.63, 3.8) is 0 Å². The van der Waals surface area contributed by atoms with Crippen LogP contribution in [0.1, 0.15) is 23.1 Å². The van der Waals surface area contributed by atoms with E-state index < -0.39 is 22.4 Å². The van der Waals surface area contributed by atoms with Gasteiger partial charge in [-0.3, -0.25) is 0 Å². The summed E-state index contributed by atoms with van der Waals surface area (Å²) in [6.45, 7) is -0.0173. The summed E-state index contributed by atoms with van der Waals surface area (Å²) in [6, 6.07) is 29.3. The highest BCUT2D eigenvalue weighted by Gasteiger charge is 2.67. The van der Waals surface area contributed by atoms with Gasteiger partial charge in [0, 0.05) is 6.42 Å². The lowest BCUT2D eigenvalue weighted by Crippen LogP contribution is -2.56. The van der Waals surface area contributed by atoms with Crippen LogP contribution in [0, 0.1) is 0 Å². The van der Waals surface area contributed by atoms with Crippen LogP contribution in [-0.4, -0.2) is 23.4 Å². The predicted octanol–water partition coefficient (Wildman–Crippen LogP) is 10.3. The molecule has 0 amide bonds. The van der Waals surface area contributed by atoms with E-state index in [9.17, 15) is 0 Å². The van der Waals surface area contributed by atoms with E-state index in [1.54, 1.807) is 0 Å². The Hall–Kier alpha value is 0.230. The number of alkyl halides is 9. The molecule has 0 saturated carbocycles. The van der Waals surface area contributed by atoms with Gasteiger partial charge in [0.1, 0.15) is 5.60 Å². The maximum Gasteiger partial charge on any atom is 0.226 e. The maximum absolute atomic E-state index is 6.65. The first-order valence-electron chi connectivity index (χ1n) is 10.3. The molecule has 10 heteroatoms. The van der Waals surface area contributed by atoms with Crippen LogP contribution in [0.3, 0.4) is 0 Å². The van der Waals surface area contributed by atoms with Gasteiger partial charge in [-0.05, 0) is 16.7 Å². The molecule has 35 heavy (non-hydrogen) atoms. The van der Waals surface area contributed by atoms with Gasteiger partial charge in [0.25, 0.3) is 0 Å². The summed E-state index contributed by atoms with van der Waals surface area (Å²) in [7, 11) is 0. The summed E-state index contributed by atoms with van der Waals surface area (Å²) in [5, 5.41) is 0. The van der Waals surface area contributed by atoms with E-state index in [4.69, 9.17) is 109 Å². The zero-order valence-corrected chi connectivity index (χ0v) is 24.7. The molecule has 0 fully saturated rings. The third kappa shape index (κ3) is 5.96. The topological polar surface area (TPSA) is 9.23 Å². The molecule has 0 spiro atoms. The van der Waals surface area contributed by atoms with E-state index in [2.05, 4.69) is 0 Å². The number of hydrogen-bond donors (Lipinski definition) is 0. The zero-order valence-electron chi connectivity index (χ0n) is 17.9. The minimum atomic E-state index is -2.35. The lowest BCUT2D eigenvalue weighted by molar-refractivity contribution is 0.00947. The molecule has 188 valence electrons. The van der Waals surface area contributed by atoms with Crippen LogP contribution in [0.2, 0.25) is 0 Å². The molecule has 0 atom stereocenters. The summed E-state index contributed by atoms with van der Waals surface area (Å²) in [5.74, 6) is 0. The van der Waals surface area contributed by atoms with Crippen molar-refractivity contribution >= 4 is 104 Å². The Balaban J connectivity index is 2.03. The van der Waals surface area contributed by atoms with E-state index in [-0.39, 0.29) is 13.0 Å². The number of ether oxygens (including phenoxy) is 1. The molecule has 0 N–H and O–H groups in total. The second kappa shape index (κ2) is 11.5. The molecule has 0 heterocycles. The molecular formula is C25H19Cl9O. The fraction of sp³-hybridized carbons (Fsp3) is 0.280. The molecule has 0 unspecified atom stereocenters. The molecule has 3 aromatic carbocycles. The van der Waals surface area contributed by atoms with Crippen molar-refractivity contribution in [1.82, 2.24) is 0 Å². The fourth-order valence-electron chi connectivity index (χ4n) is 3.67. The summed E-state index contributed by atoms with van der Waals surface area (Å²) in [6.07, 6.45) is -0.112. The van der Waals surface area contributed by atoms with Crippen LogP contribution in [0.4, 0.5) is 0 Å². The summed E-state index contributed by atoms with van der Waals surface area (Å²) < 4.78 is -2.27. The Morgan fingerprint density at radius 3 is 1.14 bits per heavy atom. The van der Waals surface area contributed by atoms with Crippen LogP contribution in [0.5, 0.6) is 0 Å². The van der Waals surface area contributed by atoms with Crippen molar-refractivity contribution in [3.05, 3.63) is 108 Å². The third-order valence-corrected chi connectivity index (χ3v) is 11.0. The van der Waals surface area contributed by atoms with Gasteiger partial charge in [0.15, 0.2) is 13.0 Å². The summed E-state index contributed by atoms with van der Waals surface area (Å²) in [4.78, 5) is 0. The molecule has 0 bridgehead atoms. The van der Waals surface area contributed by atoms with Crippen molar-refractivity contribution in [2.24, 2.45) is 0 Å². The van der Waals surface area contributed by atoms with Crippen molar-refractivity contribution in [1.29, 1.82) is 0 Å². The Labute approximate surface area is 250 Å². The first-order chi connectivity index (χ1) is 16.3. The molecule has 3 aromatic rings. The second-order valence-corrected chi connectivity index (χ2v) is 14.1. The fourth-order valence-corrected chi connectivity index (χ4v) is 5.81. The normalized spacial score (nSPS) is 13.6. The van der Waals surface area contributed by atoms with Gasteiger partial charge in [-0.25, -0.2) is 0 Å². The highest BCUT2D eigenvalue weighted by molar-refractivity contribution is 6.80. The molecule has 3 rings (SSSR count). The first kappa shape index (κ1) is 29.8. The average Bonchev–Trinajstić information content (AvgIpc) is 2.82. The van der Waals surface area contributed by atoms with Crippen LogP contribution < -0.4 is 0 Å². The van der Waals surface area contributed by atoms with Gasteiger partial charge < -0.3 is 4.74 Å². The summed E-state index contributed by atoms with van der Waals surface area (Å²) in [5.41, 5.74) is 1.66. The number of rotatable bonds is 9. The Morgan fingerprint density at radius 2 is 0.829 bits per heavy atom. The lowest BCUT2D eigenvalue weighted by Gasteiger charge is -2.44. The smallest absolute Gasteiger partial charge is 0.226 e. The Bertz CT molecular complexity index is 986. The first-order valence-corrected chi connectivity index (χ1v) is 13.7. The van der Waals surface area contributed by atoms with Crippen LogP contribution in [0.25, 0.3) is 0 Å². The predicted molar refractivity (Wildman–Crippen MR) is 153 cm³/mol. The van der Waals surface area contributed by atoms with Crippen molar-refractivity contribution < 1.29 is 4.74 Å².